The Morgan fingerprint density at radius 1 is 1.18 bits per heavy atom. The monoisotopic (exact) mass is 240 g/mol. The van der Waals surface area contributed by atoms with Gasteiger partial charge in [-0.3, -0.25) is 4.79 Å². The predicted molar refractivity (Wildman–Crippen MR) is 66.7 cm³/mol. The fourth-order valence-electron chi connectivity index (χ4n) is 3.06. The number of hydrogen-bond acceptors (Lipinski definition) is 3. The van der Waals surface area contributed by atoms with E-state index >= 15 is 0 Å². The summed E-state index contributed by atoms with van der Waals surface area (Å²) in [6.07, 6.45) is 7.93. The smallest absolute Gasteiger partial charge is 0.240 e. The Kier molecular flexibility index (Phi) is 4.80. The minimum atomic E-state index is -0.00380. The fourth-order valence-corrected chi connectivity index (χ4v) is 3.06. The number of carbonyl (C=O) groups is 1. The van der Waals surface area contributed by atoms with Crippen molar-refractivity contribution >= 4 is 5.91 Å². The molecule has 0 aromatic carbocycles. The maximum Gasteiger partial charge on any atom is 0.240 e. The molecule has 1 unspecified atom stereocenters. The highest BCUT2D eigenvalue weighted by Crippen LogP contribution is 2.24. The third-order valence-electron chi connectivity index (χ3n) is 4.00. The van der Waals surface area contributed by atoms with Crippen LogP contribution in [0.25, 0.3) is 0 Å². The molecule has 0 aromatic rings. The summed E-state index contributed by atoms with van der Waals surface area (Å²) < 4.78 is 0. The SMILES string of the molecule is O=C(C1CCCCN1)N(CCO)C1CCCC1. The zero-order valence-corrected chi connectivity index (χ0v) is 10.5. The highest BCUT2D eigenvalue weighted by atomic mass is 16.3. The Labute approximate surface area is 103 Å². The summed E-state index contributed by atoms with van der Waals surface area (Å²) in [6, 6.07) is 0.370. The molecule has 2 N–H and O–H groups in total. The van der Waals surface area contributed by atoms with E-state index in [0.717, 1.165) is 32.2 Å². The Morgan fingerprint density at radius 2 is 1.88 bits per heavy atom. The van der Waals surface area contributed by atoms with Crippen molar-refractivity contribution in [2.75, 3.05) is 19.7 Å². The van der Waals surface area contributed by atoms with E-state index in [1.54, 1.807) is 0 Å². The molecule has 2 rings (SSSR count). The van der Waals surface area contributed by atoms with Gasteiger partial charge in [0.25, 0.3) is 0 Å². The number of aliphatic hydroxyl groups is 1. The van der Waals surface area contributed by atoms with Gasteiger partial charge in [-0.1, -0.05) is 19.3 Å². The zero-order valence-electron chi connectivity index (χ0n) is 10.5. The van der Waals surface area contributed by atoms with Gasteiger partial charge in [-0.2, -0.15) is 0 Å². The van der Waals surface area contributed by atoms with Crippen LogP contribution in [-0.2, 0) is 4.79 Å². The molecule has 1 heterocycles. The van der Waals surface area contributed by atoms with Crippen molar-refractivity contribution in [3.8, 4) is 0 Å². The first kappa shape index (κ1) is 12.8. The second-order valence-corrected chi connectivity index (χ2v) is 5.20. The van der Waals surface area contributed by atoms with E-state index in [-0.39, 0.29) is 18.6 Å². The van der Waals surface area contributed by atoms with Gasteiger partial charge in [0, 0.05) is 12.6 Å². The molecule has 1 saturated carbocycles. The van der Waals surface area contributed by atoms with Gasteiger partial charge in [0.1, 0.15) is 0 Å². The number of carbonyl (C=O) groups excluding carboxylic acids is 1. The lowest BCUT2D eigenvalue weighted by Gasteiger charge is -2.33. The van der Waals surface area contributed by atoms with Gasteiger partial charge in [-0.15, -0.1) is 0 Å². The lowest BCUT2D eigenvalue weighted by atomic mass is 10.0. The lowest BCUT2D eigenvalue weighted by Crippen LogP contribution is -2.52. The summed E-state index contributed by atoms with van der Waals surface area (Å²) in [5.41, 5.74) is 0. The molecule has 4 heteroatoms. The number of piperidine rings is 1. The third-order valence-corrected chi connectivity index (χ3v) is 4.00. The van der Waals surface area contributed by atoms with E-state index in [0.29, 0.717) is 12.6 Å². The number of aliphatic hydroxyl groups excluding tert-OH is 1. The molecule has 1 atom stereocenters. The molecule has 4 nitrogen and oxygen atoms in total. The van der Waals surface area contributed by atoms with Crippen LogP contribution in [0, 0.1) is 0 Å². The van der Waals surface area contributed by atoms with Crippen LogP contribution in [0.3, 0.4) is 0 Å². The van der Waals surface area contributed by atoms with Crippen molar-refractivity contribution in [3.63, 3.8) is 0 Å². The highest BCUT2D eigenvalue weighted by molar-refractivity contribution is 5.82. The molecule has 2 aliphatic rings. The van der Waals surface area contributed by atoms with Gasteiger partial charge in [0.15, 0.2) is 0 Å². The quantitative estimate of drug-likeness (QED) is 0.767. The maximum atomic E-state index is 12.4. The number of hydrogen-bond donors (Lipinski definition) is 2. The van der Waals surface area contributed by atoms with Crippen LogP contribution in [0.1, 0.15) is 44.9 Å². The third kappa shape index (κ3) is 3.19. The fraction of sp³-hybridized carbons (Fsp3) is 0.923. The van der Waals surface area contributed by atoms with Gasteiger partial charge in [-0.05, 0) is 32.2 Å². The molecular weight excluding hydrogens is 216 g/mol. The van der Waals surface area contributed by atoms with Crippen molar-refractivity contribution in [3.05, 3.63) is 0 Å². The van der Waals surface area contributed by atoms with Crippen LogP contribution in [0.4, 0.5) is 0 Å². The van der Waals surface area contributed by atoms with Crippen molar-refractivity contribution in [2.24, 2.45) is 0 Å². The largest absolute Gasteiger partial charge is 0.395 e. The number of nitrogens with zero attached hydrogens (tertiary/aromatic N) is 1. The Hall–Kier alpha value is -0.610. The van der Waals surface area contributed by atoms with Gasteiger partial charge >= 0.3 is 0 Å². The van der Waals surface area contributed by atoms with Crippen molar-refractivity contribution < 1.29 is 9.90 Å². The topological polar surface area (TPSA) is 52.6 Å². The van der Waals surface area contributed by atoms with Crippen molar-refractivity contribution in [1.29, 1.82) is 0 Å². The minimum Gasteiger partial charge on any atom is -0.395 e. The second kappa shape index (κ2) is 6.36. The molecule has 0 radical (unpaired) electrons. The van der Waals surface area contributed by atoms with E-state index in [4.69, 9.17) is 5.11 Å². The van der Waals surface area contributed by atoms with Gasteiger partial charge < -0.3 is 15.3 Å². The van der Waals surface area contributed by atoms with Crippen molar-refractivity contribution in [1.82, 2.24) is 10.2 Å². The average Bonchev–Trinajstić information content (AvgIpc) is 2.90. The first-order chi connectivity index (χ1) is 8.33. The lowest BCUT2D eigenvalue weighted by molar-refractivity contribution is -0.136. The summed E-state index contributed by atoms with van der Waals surface area (Å²) >= 11 is 0. The second-order valence-electron chi connectivity index (χ2n) is 5.20. The molecule has 1 saturated heterocycles. The maximum absolute atomic E-state index is 12.4. The number of rotatable bonds is 4. The van der Waals surface area contributed by atoms with Crippen LogP contribution in [0.15, 0.2) is 0 Å². The van der Waals surface area contributed by atoms with Crippen LogP contribution in [-0.4, -0.2) is 47.7 Å². The average molecular weight is 240 g/mol. The van der Waals surface area contributed by atoms with Crippen molar-refractivity contribution in [2.45, 2.75) is 57.0 Å². The molecule has 98 valence electrons. The van der Waals surface area contributed by atoms with E-state index < -0.39 is 0 Å². The summed E-state index contributed by atoms with van der Waals surface area (Å²) in [5, 5.41) is 12.4. The number of amides is 1. The summed E-state index contributed by atoms with van der Waals surface area (Å²) in [4.78, 5) is 14.4. The molecule has 0 aromatic heterocycles. The molecular formula is C13H24N2O2. The van der Waals surface area contributed by atoms with Crippen LogP contribution < -0.4 is 5.32 Å². The van der Waals surface area contributed by atoms with E-state index in [1.807, 2.05) is 4.90 Å². The van der Waals surface area contributed by atoms with E-state index in [1.165, 1.54) is 19.3 Å². The minimum absolute atomic E-state index is 0.00380. The normalized spacial score (nSPS) is 26.1. The molecule has 1 amide bonds. The zero-order chi connectivity index (χ0) is 12.1. The highest BCUT2D eigenvalue weighted by Gasteiger charge is 2.31. The standard InChI is InChI=1S/C13H24N2O2/c16-10-9-15(11-5-1-2-6-11)13(17)12-7-3-4-8-14-12/h11-12,14,16H,1-10H2. The number of nitrogens with one attached hydrogen (secondary N) is 1. The van der Waals surface area contributed by atoms with E-state index in [2.05, 4.69) is 5.32 Å². The molecule has 17 heavy (non-hydrogen) atoms. The van der Waals surface area contributed by atoms with Crippen LogP contribution in [0.2, 0.25) is 0 Å². The van der Waals surface area contributed by atoms with Gasteiger partial charge in [-0.25, -0.2) is 0 Å². The molecule has 0 spiro atoms. The first-order valence-corrected chi connectivity index (χ1v) is 6.97. The Bertz CT molecular complexity index is 246. The van der Waals surface area contributed by atoms with Crippen LogP contribution in [0.5, 0.6) is 0 Å². The van der Waals surface area contributed by atoms with Gasteiger partial charge in [0.05, 0.1) is 12.6 Å². The summed E-state index contributed by atoms with van der Waals surface area (Å²) in [7, 11) is 0. The summed E-state index contributed by atoms with van der Waals surface area (Å²) in [5.74, 6) is 0.214. The molecule has 1 aliphatic heterocycles. The predicted octanol–water partition coefficient (Wildman–Crippen LogP) is 0.892. The van der Waals surface area contributed by atoms with Gasteiger partial charge in [0.2, 0.25) is 5.91 Å². The molecule has 2 fully saturated rings. The molecule has 1 aliphatic carbocycles. The Balaban J connectivity index is 1.95. The van der Waals surface area contributed by atoms with E-state index in [9.17, 15) is 4.79 Å². The summed E-state index contributed by atoms with van der Waals surface area (Å²) in [6.45, 7) is 1.53. The van der Waals surface area contributed by atoms with Crippen LogP contribution >= 0.6 is 0 Å². The molecule has 0 bridgehead atoms. The first-order valence-electron chi connectivity index (χ1n) is 6.97. The Morgan fingerprint density at radius 3 is 2.47 bits per heavy atom.